The second kappa shape index (κ2) is 6.09. The average Bonchev–Trinajstić information content (AvgIpc) is 2.28. The van der Waals surface area contributed by atoms with Gasteiger partial charge < -0.3 is 20.9 Å². The lowest BCUT2D eigenvalue weighted by Crippen LogP contribution is -2.43. The molecule has 1 unspecified atom stereocenters. The maximum absolute atomic E-state index is 11.4. The summed E-state index contributed by atoms with van der Waals surface area (Å²) >= 11 is 0. The number of carbonyl (C=O) groups excluding carboxylic acids is 1. The Bertz CT molecular complexity index is 338. The first-order valence-corrected chi connectivity index (χ1v) is 4.93. The SMILES string of the molecule is COCC(N)C(=O)NCc1ccc(O)cc1. The van der Waals surface area contributed by atoms with E-state index in [0.29, 0.717) is 6.54 Å². The van der Waals surface area contributed by atoms with E-state index in [0.717, 1.165) is 5.56 Å². The molecule has 0 aliphatic heterocycles. The van der Waals surface area contributed by atoms with Gasteiger partial charge in [-0.3, -0.25) is 4.79 Å². The topological polar surface area (TPSA) is 84.6 Å². The second-order valence-corrected chi connectivity index (χ2v) is 3.45. The summed E-state index contributed by atoms with van der Waals surface area (Å²) < 4.78 is 4.77. The molecule has 1 rings (SSSR count). The van der Waals surface area contributed by atoms with Gasteiger partial charge in [0.15, 0.2) is 0 Å². The molecule has 1 aromatic rings. The smallest absolute Gasteiger partial charge is 0.239 e. The minimum atomic E-state index is -0.651. The van der Waals surface area contributed by atoms with Gasteiger partial charge in [-0.15, -0.1) is 0 Å². The fraction of sp³-hybridized carbons (Fsp3) is 0.364. The van der Waals surface area contributed by atoms with Crippen molar-refractivity contribution in [1.82, 2.24) is 5.32 Å². The maximum Gasteiger partial charge on any atom is 0.239 e. The molecule has 0 radical (unpaired) electrons. The van der Waals surface area contributed by atoms with Crippen LogP contribution in [0, 0.1) is 0 Å². The number of nitrogens with two attached hydrogens (primary N) is 1. The van der Waals surface area contributed by atoms with Crippen molar-refractivity contribution in [2.75, 3.05) is 13.7 Å². The summed E-state index contributed by atoms with van der Waals surface area (Å²) in [4.78, 5) is 11.4. The van der Waals surface area contributed by atoms with E-state index in [1.165, 1.54) is 7.11 Å². The predicted molar refractivity (Wildman–Crippen MR) is 59.8 cm³/mol. The molecule has 5 heteroatoms. The first-order chi connectivity index (χ1) is 7.63. The van der Waals surface area contributed by atoms with E-state index < -0.39 is 6.04 Å². The molecular formula is C11H16N2O3. The summed E-state index contributed by atoms with van der Waals surface area (Å²) in [5.74, 6) is -0.0546. The van der Waals surface area contributed by atoms with Crippen molar-refractivity contribution in [1.29, 1.82) is 0 Å². The number of nitrogens with one attached hydrogen (secondary N) is 1. The normalized spacial score (nSPS) is 12.1. The van der Waals surface area contributed by atoms with Gasteiger partial charge in [-0.25, -0.2) is 0 Å². The van der Waals surface area contributed by atoms with E-state index in [4.69, 9.17) is 15.6 Å². The van der Waals surface area contributed by atoms with Crippen molar-refractivity contribution in [2.24, 2.45) is 5.73 Å². The minimum absolute atomic E-state index is 0.196. The number of phenolic OH excluding ortho intramolecular Hbond substituents is 1. The van der Waals surface area contributed by atoms with E-state index >= 15 is 0 Å². The lowest BCUT2D eigenvalue weighted by Gasteiger charge is -2.11. The van der Waals surface area contributed by atoms with Crippen LogP contribution in [0.4, 0.5) is 0 Å². The molecular weight excluding hydrogens is 208 g/mol. The molecule has 0 saturated heterocycles. The van der Waals surface area contributed by atoms with Gasteiger partial charge in [-0.2, -0.15) is 0 Å². The third kappa shape index (κ3) is 3.88. The van der Waals surface area contributed by atoms with Gasteiger partial charge in [0.25, 0.3) is 0 Å². The Hall–Kier alpha value is -1.59. The fourth-order valence-electron chi connectivity index (χ4n) is 1.19. The quantitative estimate of drug-likeness (QED) is 0.656. The van der Waals surface area contributed by atoms with Crippen molar-refractivity contribution < 1.29 is 14.6 Å². The number of hydrogen-bond donors (Lipinski definition) is 3. The van der Waals surface area contributed by atoms with Crippen LogP contribution in [0.1, 0.15) is 5.56 Å². The Balaban J connectivity index is 2.39. The molecule has 0 bridgehead atoms. The zero-order valence-corrected chi connectivity index (χ0v) is 9.14. The molecule has 5 nitrogen and oxygen atoms in total. The Labute approximate surface area is 94.2 Å². The highest BCUT2D eigenvalue weighted by atomic mass is 16.5. The average molecular weight is 224 g/mol. The third-order valence-electron chi connectivity index (χ3n) is 2.09. The van der Waals surface area contributed by atoms with Gasteiger partial charge >= 0.3 is 0 Å². The molecule has 16 heavy (non-hydrogen) atoms. The lowest BCUT2D eigenvalue weighted by molar-refractivity contribution is -0.123. The molecule has 0 aromatic heterocycles. The number of rotatable bonds is 5. The Kier molecular flexibility index (Phi) is 4.75. The first-order valence-electron chi connectivity index (χ1n) is 4.93. The highest BCUT2D eigenvalue weighted by Crippen LogP contribution is 2.09. The Morgan fingerprint density at radius 1 is 1.50 bits per heavy atom. The number of benzene rings is 1. The molecule has 0 saturated carbocycles. The van der Waals surface area contributed by atoms with Crippen LogP contribution >= 0.6 is 0 Å². The van der Waals surface area contributed by atoms with Crippen LogP contribution in [-0.2, 0) is 16.1 Å². The van der Waals surface area contributed by atoms with E-state index in [1.807, 2.05) is 0 Å². The zero-order chi connectivity index (χ0) is 12.0. The maximum atomic E-state index is 11.4. The number of carbonyl (C=O) groups is 1. The number of hydrogen-bond acceptors (Lipinski definition) is 4. The highest BCUT2D eigenvalue weighted by molar-refractivity contribution is 5.81. The summed E-state index contributed by atoms with van der Waals surface area (Å²) in [5.41, 5.74) is 6.44. The second-order valence-electron chi connectivity index (χ2n) is 3.45. The number of phenols is 1. The van der Waals surface area contributed by atoms with Crippen LogP contribution in [-0.4, -0.2) is 30.8 Å². The Morgan fingerprint density at radius 2 is 2.12 bits per heavy atom. The molecule has 0 aliphatic rings. The van der Waals surface area contributed by atoms with E-state index in [-0.39, 0.29) is 18.3 Å². The molecule has 1 amide bonds. The third-order valence-corrected chi connectivity index (χ3v) is 2.09. The van der Waals surface area contributed by atoms with Gasteiger partial charge in [-0.1, -0.05) is 12.1 Å². The fourth-order valence-corrected chi connectivity index (χ4v) is 1.19. The Morgan fingerprint density at radius 3 is 2.69 bits per heavy atom. The summed E-state index contributed by atoms with van der Waals surface area (Å²) in [7, 11) is 1.49. The van der Waals surface area contributed by atoms with E-state index in [2.05, 4.69) is 5.32 Å². The van der Waals surface area contributed by atoms with Gasteiger partial charge in [0.1, 0.15) is 11.8 Å². The molecule has 0 aliphatic carbocycles. The standard InChI is InChI=1S/C11H16N2O3/c1-16-7-10(12)11(15)13-6-8-2-4-9(14)5-3-8/h2-5,10,14H,6-7,12H2,1H3,(H,13,15). The highest BCUT2D eigenvalue weighted by Gasteiger charge is 2.11. The van der Waals surface area contributed by atoms with Crippen LogP contribution in [0.15, 0.2) is 24.3 Å². The lowest BCUT2D eigenvalue weighted by atomic mass is 10.2. The molecule has 4 N–H and O–H groups in total. The molecule has 0 spiro atoms. The summed E-state index contributed by atoms with van der Waals surface area (Å²) in [6.45, 7) is 0.581. The van der Waals surface area contributed by atoms with Crippen LogP contribution in [0.2, 0.25) is 0 Å². The van der Waals surface area contributed by atoms with E-state index in [1.54, 1.807) is 24.3 Å². The summed E-state index contributed by atoms with van der Waals surface area (Å²) in [6, 6.07) is 5.95. The van der Waals surface area contributed by atoms with Crippen molar-refractivity contribution in [3.63, 3.8) is 0 Å². The number of amides is 1. The van der Waals surface area contributed by atoms with E-state index in [9.17, 15) is 4.79 Å². The predicted octanol–water partition coefficient (Wildman–Crippen LogP) is -0.0179. The number of aromatic hydroxyl groups is 1. The van der Waals surface area contributed by atoms with Crippen LogP contribution in [0.5, 0.6) is 5.75 Å². The zero-order valence-electron chi connectivity index (χ0n) is 9.14. The molecule has 1 atom stereocenters. The molecule has 1 aromatic carbocycles. The van der Waals surface area contributed by atoms with Gasteiger partial charge in [0.05, 0.1) is 6.61 Å². The van der Waals surface area contributed by atoms with Crippen LogP contribution in [0.3, 0.4) is 0 Å². The minimum Gasteiger partial charge on any atom is -0.508 e. The number of methoxy groups -OCH3 is 1. The monoisotopic (exact) mass is 224 g/mol. The summed E-state index contributed by atoms with van der Waals surface area (Å²) in [5, 5.41) is 11.7. The largest absolute Gasteiger partial charge is 0.508 e. The van der Waals surface area contributed by atoms with Gasteiger partial charge in [0, 0.05) is 13.7 Å². The van der Waals surface area contributed by atoms with Crippen molar-refractivity contribution in [2.45, 2.75) is 12.6 Å². The van der Waals surface area contributed by atoms with Crippen LogP contribution < -0.4 is 11.1 Å². The summed E-state index contributed by atoms with van der Waals surface area (Å²) in [6.07, 6.45) is 0. The molecule has 0 fully saturated rings. The van der Waals surface area contributed by atoms with Crippen molar-refractivity contribution >= 4 is 5.91 Å². The van der Waals surface area contributed by atoms with Gasteiger partial charge in [-0.05, 0) is 17.7 Å². The van der Waals surface area contributed by atoms with Gasteiger partial charge in [0.2, 0.25) is 5.91 Å². The van der Waals surface area contributed by atoms with Crippen molar-refractivity contribution in [3.8, 4) is 5.75 Å². The van der Waals surface area contributed by atoms with Crippen molar-refractivity contribution in [3.05, 3.63) is 29.8 Å². The van der Waals surface area contributed by atoms with Crippen LogP contribution in [0.25, 0.3) is 0 Å². The number of ether oxygens (including phenoxy) is 1. The first kappa shape index (κ1) is 12.5. The molecule has 88 valence electrons. The molecule has 0 heterocycles.